The van der Waals surface area contributed by atoms with Crippen molar-refractivity contribution < 1.29 is 36.6 Å². The number of nitrogens with zero attached hydrogens (tertiary/aromatic N) is 2. The Hall–Kier alpha value is -6.72. The van der Waals surface area contributed by atoms with Crippen molar-refractivity contribution in [3.05, 3.63) is 180 Å². The van der Waals surface area contributed by atoms with Crippen molar-refractivity contribution >= 4 is 43.2 Å². The van der Waals surface area contributed by atoms with Crippen molar-refractivity contribution in [3.8, 4) is 11.5 Å². The number of aromatic hydroxyl groups is 2. The fraction of sp³-hybridized carbons (Fsp3) is 0.255. The Morgan fingerprint density at radius 3 is 1.31 bits per heavy atom. The topological polar surface area (TPSA) is 211 Å². The van der Waals surface area contributed by atoms with Crippen molar-refractivity contribution in [1.82, 2.24) is 19.5 Å². The van der Waals surface area contributed by atoms with E-state index in [0.717, 1.165) is 11.1 Å². The second kappa shape index (κ2) is 23.6. The maximum absolute atomic E-state index is 15.6. The number of hydrogen-bond acceptors (Lipinski definition) is 10. The standard InChI is InChI=1S/C51H58N6O8S2/c1-53-45-35-41(29-31-49(45)59)37-47(55-67(64,65)43-26-12-5-13-27-43)51(61)57(33-17-15-23-39-20-8-3-9-21-39)56(32-16-14-22-38-18-6-2-7-19-38)50(60)46(36-40-28-30-48(58)44(52)34-40)54-66(62,63)42-24-10-4-11-25-42/h2-13,18-21,24-31,34-35,46-47,53-55,58-59H,14-17,22-23,32-33,36-37,52H2,1H3/t46-,47-/m0/s1. The van der Waals surface area contributed by atoms with Gasteiger partial charge in [-0.2, -0.15) is 9.44 Å². The summed E-state index contributed by atoms with van der Waals surface area (Å²) >= 11 is 0. The molecule has 352 valence electrons. The van der Waals surface area contributed by atoms with Crippen LogP contribution in [0, 0.1) is 0 Å². The van der Waals surface area contributed by atoms with E-state index in [1.807, 2.05) is 60.7 Å². The predicted octanol–water partition coefficient (Wildman–Crippen LogP) is 6.82. The number of nitrogens with one attached hydrogen (secondary N) is 3. The summed E-state index contributed by atoms with van der Waals surface area (Å²) in [6.07, 6.45) is 2.82. The van der Waals surface area contributed by atoms with Gasteiger partial charge in [0.15, 0.2) is 0 Å². The molecule has 0 fully saturated rings. The molecule has 0 unspecified atom stereocenters. The summed E-state index contributed by atoms with van der Waals surface area (Å²) in [5, 5.41) is 26.2. The highest BCUT2D eigenvalue weighted by molar-refractivity contribution is 7.89. The molecule has 0 spiro atoms. The fourth-order valence-electron chi connectivity index (χ4n) is 7.71. The number of hydrogen-bond donors (Lipinski definition) is 6. The normalized spacial score (nSPS) is 12.5. The third-order valence-corrected chi connectivity index (χ3v) is 14.2. The summed E-state index contributed by atoms with van der Waals surface area (Å²) in [6, 6.07) is 40.8. The molecule has 0 aromatic heterocycles. The van der Waals surface area contributed by atoms with Gasteiger partial charge in [0, 0.05) is 20.1 Å². The smallest absolute Gasteiger partial charge is 0.259 e. The first kappa shape index (κ1) is 49.7. The number of hydrazine groups is 1. The number of benzene rings is 6. The van der Waals surface area contributed by atoms with E-state index >= 15 is 9.59 Å². The highest BCUT2D eigenvalue weighted by atomic mass is 32.2. The van der Waals surface area contributed by atoms with Gasteiger partial charge in [-0.1, -0.05) is 109 Å². The number of nitrogens with two attached hydrogens (primary N) is 1. The molecule has 2 amide bonds. The quantitative estimate of drug-likeness (QED) is 0.0171. The zero-order valence-corrected chi connectivity index (χ0v) is 39.0. The SMILES string of the molecule is CNc1cc(C[C@H](NS(=O)(=O)c2ccccc2)C(=O)N(CCCCc2ccccc2)N(CCCCc2ccccc2)C(=O)[C@H](Cc2ccc(O)c(N)c2)NS(=O)(=O)c2ccccc2)ccc1O. The second-order valence-corrected chi connectivity index (χ2v) is 19.6. The number of phenols is 2. The molecule has 0 aliphatic heterocycles. The van der Waals surface area contributed by atoms with E-state index in [-0.39, 0.29) is 52.9 Å². The van der Waals surface area contributed by atoms with Gasteiger partial charge in [-0.3, -0.25) is 19.6 Å². The van der Waals surface area contributed by atoms with Crippen molar-refractivity contribution in [2.24, 2.45) is 0 Å². The molecule has 16 heteroatoms. The Bertz CT molecular complexity index is 2770. The maximum Gasteiger partial charge on any atom is 0.259 e. The van der Waals surface area contributed by atoms with Gasteiger partial charge >= 0.3 is 0 Å². The third-order valence-electron chi connectivity index (χ3n) is 11.3. The number of aryl methyl sites for hydroxylation is 2. The summed E-state index contributed by atoms with van der Waals surface area (Å²) in [7, 11) is -7.09. The number of unbranched alkanes of at least 4 members (excludes halogenated alkanes) is 2. The number of carbonyl (C=O) groups excluding carboxylic acids is 2. The van der Waals surface area contributed by atoms with Crippen LogP contribution < -0.4 is 20.5 Å². The van der Waals surface area contributed by atoms with Gasteiger partial charge in [0.2, 0.25) is 20.0 Å². The summed E-state index contributed by atoms with van der Waals surface area (Å²) in [6.45, 7) is -0.0834. The van der Waals surface area contributed by atoms with Crippen LogP contribution in [0.25, 0.3) is 0 Å². The molecule has 6 aromatic carbocycles. The van der Waals surface area contributed by atoms with Gasteiger partial charge in [-0.25, -0.2) is 16.8 Å². The maximum atomic E-state index is 15.6. The lowest BCUT2D eigenvalue weighted by Crippen LogP contribution is -2.61. The number of rotatable bonds is 23. The van der Waals surface area contributed by atoms with Crippen LogP contribution in [0.1, 0.15) is 47.9 Å². The first-order valence-electron chi connectivity index (χ1n) is 22.2. The molecule has 0 heterocycles. The van der Waals surface area contributed by atoms with Crippen LogP contribution >= 0.6 is 0 Å². The van der Waals surface area contributed by atoms with Crippen LogP contribution in [0.15, 0.2) is 168 Å². The lowest BCUT2D eigenvalue weighted by Gasteiger charge is -2.39. The van der Waals surface area contributed by atoms with Crippen LogP contribution in [0.4, 0.5) is 11.4 Å². The van der Waals surface area contributed by atoms with Gasteiger partial charge in [0.1, 0.15) is 23.6 Å². The number of carbonyl (C=O) groups is 2. The molecule has 6 aromatic rings. The summed E-state index contributed by atoms with van der Waals surface area (Å²) < 4.78 is 61.7. The van der Waals surface area contributed by atoms with Crippen molar-refractivity contribution in [2.45, 2.75) is 73.2 Å². The Morgan fingerprint density at radius 1 is 0.522 bits per heavy atom. The highest BCUT2D eigenvalue weighted by Gasteiger charge is 2.38. The van der Waals surface area contributed by atoms with Crippen molar-refractivity contribution in [1.29, 1.82) is 0 Å². The molecule has 6 rings (SSSR count). The van der Waals surface area contributed by atoms with Crippen LogP contribution in [-0.2, 0) is 55.3 Å². The lowest BCUT2D eigenvalue weighted by atomic mass is 10.0. The van der Waals surface area contributed by atoms with E-state index in [9.17, 15) is 27.0 Å². The van der Waals surface area contributed by atoms with Gasteiger partial charge in [-0.15, -0.1) is 0 Å². The molecule has 14 nitrogen and oxygen atoms in total. The molecule has 0 saturated heterocycles. The van der Waals surface area contributed by atoms with E-state index in [4.69, 9.17) is 5.73 Å². The molecule has 0 aliphatic rings. The van der Waals surface area contributed by atoms with Crippen LogP contribution in [0.5, 0.6) is 11.5 Å². The molecule has 0 radical (unpaired) electrons. The number of nitrogen functional groups attached to an aromatic ring is 1. The first-order valence-corrected chi connectivity index (χ1v) is 25.1. The van der Waals surface area contributed by atoms with Gasteiger partial charge in [-0.05, 0) is 122 Å². The summed E-state index contributed by atoms with van der Waals surface area (Å²) in [5.74, 6) is -1.77. The van der Waals surface area contributed by atoms with Gasteiger partial charge < -0.3 is 21.3 Å². The second-order valence-electron chi connectivity index (χ2n) is 16.2. The number of amides is 2. The fourth-order valence-corrected chi connectivity index (χ4v) is 10.1. The Balaban J connectivity index is 1.45. The number of sulfonamides is 2. The molecule has 0 bridgehead atoms. The van der Waals surface area contributed by atoms with E-state index in [0.29, 0.717) is 55.3 Å². The predicted molar refractivity (Wildman–Crippen MR) is 261 cm³/mol. The van der Waals surface area contributed by atoms with Crippen LogP contribution in [0.3, 0.4) is 0 Å². The minimum Gasteiger partial charge on any atom is -0.506 e. The number of anilines is 2. The Labute approximate surface area is 393 Å². The van der Waals surface area contributed by atoms with Crippen LogP contribution in [0.2, 0.25) is 0 Å². The molecule has 67 heavy (non-hydrogen) atoms. The Kier molecular flexibility index (Phi) is 17.5. The summed E-state index contributed by atoms with van der Waals surface area (Å²) in [4.78, 5) is 30.9. The van der Waals surface area contributed by atoms with Gasteiger partial charge in [0.25, 0.3) is 11.8 Å². The zero-order chi connectivity index (χ0) is 47.8. The molecule has 7 N–H and O–H groups in total. The van der Waals surface area contributed by atoms with Crippen LogP contribution in [-0.4, -0.2) is 81.1 Å². The molecule has 2 atom stereocenters. The minimum atomic E-state index is -4.36. The van der Waals surface area contributed by atoms with Gasteiger partial charge in [0.05, 0.1) is 21.2 Å². The average Bonchev–Trinajstić information content (AvgIpc) is 3.34. The molecule has 0 aliphatic carbocycles. The number of phenolic OH excluding ortho intramolecular Hbond substituents is 2. The minimum absolute atomic E-state index is 0.0202. The monoisotopic (exact) mass is 946 g/mol. The zero-order valence-electron chi connectivity index (χ0n) is 37.4. The first-order chi connectivity index (χ1) is 32.2. The third kappa shape index (κ3) is 14.1. The van der Waals surface area contributed by atoms with Crippen molar-refractivity contribution in [3.63, 3.8) is 0 Å². The largest absolute Gasteiger partial charge is 0.506 e. The molecular weight excluding hydrogens is 889 g/mol. The van der Waals surface area contributed by atoms with E-state index in [1.54, 1.807) is 55.6 Å². The van der Waals surface area contributed by atoms with Crippen molar-refractivity contribution in [2.75, 3.05) is 31.2 Å². The lowest BCUT2D eigenvalue weighted by molar-refractivity contribution is -0.166. The molecule has 0 saturated carbocycles. The Morgan fingerprint density at radius 2 is 0.910 bits per heavy atom. The molecular formula is C51H58N6O8S2. The van der Waals surface area contributed by atoms with E-state index in [1.165, 1.54) is 58.5 Å². The van der Waals surface area contributed by atoms with E-state index < -0.39 is 43.9 Å². The average molecular weight is 947 g/mol. The highest BCUT2D eigenvalue weighted by Crippen LogP contribution is 2.26. The van der Waals surface area contributed by atoms with E-state index in [2.05, 4.69) is 14.8 Å². The summed E-state index contributed by atoms with van der Waals surface area (Å²) in [5.41, 5.74) is 9.52.